The number of hydrogen-bond acceptors (Lipinski definition) is 6. The van der Waals surface area contributed by atoms with Crippen LogP contribution in [0.15, 0.2) is 94.7 Å². The molecule has 0 radical (unpaired) electrons. The molecule has 1 heterocycles. The van der Waals surface area contributed by atoms with Crippen LogP contribution in [0, 0.1) is 0 Å². The monoisotopic (exact) mass is 609 g/mol. The summed E-state index contributed by atoms with van der Waals surface area (Å²) in [7, 11) is 0. The third-order valence-electron chi connectivity index (χ3n) is 6.49. The molecule has 0 bridgehead atoms. The predicted octanol–water partition coefficient (Wildman–Crippen LogP) is 7.69. The number of carboxylic acids is 1. The molecule has 0 spiro atoms. The Hall–Kier alpha value is -3.20. The van der Waals surface area contributed by atoms with E-state index in [-0.39, 0.29) is 0 Å². The second-order valence-corrected chi connectivity index (χ2v) is 11.6. The van der Waals surface area contributed by atoms with Gasteiger partial charge in [0.15, 0.2) is 6.61 Å². The van der Waals surface area contributed by atoms with Gasteiger partial charge in [-0.25, -0.2) is 4.79 Å². The first-order valence-electron chi connectivity index (χ1n) is 13.1. The number of ether oxygens (including phenoxy) is 3. The lowest BCUT2D eigenvalue weighted by Gasteiger charge is -2.26. The van der Waals surface area contributed by atoms with Crippen LogP contribution < -0.4 is 9.47 Å². The standard InChI is InChI=1S/C32H29Cl2NO5S/c33-26-7-5-24(6-8-26)25-15-27(39-20-23-3-1-22(2-4-23)19-35-11-13-38-14-12-35)17-29(16-25)41-28-9-10-31(30(34)18-28)40-21-32(36)37/h1-10,15-18H,11-14,19-21H2,(H,36,37). The SMILES string of the molecule is O=C(O)COc1ccc(Sc2cc(OCc3ccc(CN4CCOCC4)cc3)cc(-c3ccc(Cl)cc3)c2)cc1Cl. The van der Waals surface area contributed by atoms with Crippen LogP contribution in [0.1, 0.15) is 11.1 Å². The second kappa shape index (κ2) is 14.1. The number of nitrogens with zero attached hydrogens (tertiary/aromatic N) is 1. The van der Waals surface area contributed by atoms with Gasteiger partial charge < -0.3 is 19.3 Å². The van der Waals surface area contributed by atoms with Crippen molar-refractivity contribution in [3.8, 4) is 22.6 Å². The minimum atomic E-state index is -1.06. The van der Waals surface area contributed by atoms with E-state index in [1.165, 1.54) is 17.3 Å². The highest BCUT2D eigenvalue weighted by atomic mass is 35.5. The van der Waals surface area contributed by atoms with Gasteiger partial charge in [0.25, 0.3) is 0 Å². The van der Waals surface area contributed by atoms with E-state index < -0.39 is 12.6 Å². The van der Waals surface area contributed by atoms with E-state index in [0.717, 1.165) is 65.1 Å². The zero-order valence-electron chi connectivity index (χ0n) is 22.2. The summed E-state index contributed by atoms with van der Waals surface area (Å²) in [5.74, 6) is 0.00756. The van der Waals surface area contributed by atoms with Crippen molar-refractivity contribution < 1.29 is 24.1 Å². The van der Waals surface area contributed by atoms with Gasteiger partial charge in [-0.3, -0.25) is 4.90 Å². The van der Waals surface area contributed by atoms with Crippen molar-refractivity contribution in [2.45, 2.75) is 22.9 Å². The van der Waals surface area contributed by atoms with Gasteiger partial charge in [-0.1, -0.05) is 71.4 Å². The number of morpholine rings is 1. The predicted molar refractivity (Wildman–Crippen MR) is 162 cm³/mol. The first kappa shape index (κ1) is 29.3. The Balaban J connectivity index is 1.31. The molecule has 0 aromatic heterocycles. The number of benzene rings is 4. The van der Waals surface area contributed by atoms with Gasteiger partial charge in [-0.05, 0) is 70.8 Å². The number of carbonyl (C=O) groups is 1. The number of halogens is 2. The molecule has 4 aromatic rings. The molecule has 1 N–H and O–H groups in total. The molecule has 0 amide bonds. The molecule has 41 heavy (non-hydrogen) atoms. The average Bonchev–Trinajstić information content (AvgIpc) is 2.97. The van der Waals surface area contributed by atoms with Crippen LogP contribution in [0.5, 0.6) is 11.5 Å². The van der Waals surface area contributed by atoms with Crippen molar-refractivity contribution in [2.75, 3.05) is 32.9 Å². The quantitative estimate of drug-likeness (QED) is 0.187. The molecule has 1 saturated heterocycles. The zero-order valence-corrected chi connectivity index (χ0v) is 24.6. The molecule has 5 rings (SSSR count). The lowest BCUT2D eigenvalue weighted by Crippen LogP contribution is -2.35. The Bertz CT molecular complexity index is 1470. The average molecular weight is 611 g/mol. The minimum absolute atomic E-state index is 0.327. The molecule has 9 heteroatoms. The Kier molecular flexibility index (Phi) is 10.1. The van der Waals surface area contributed by atoms with E-state index >= 15 is 0 Å². The van der Waals surface area contributed by atoms with Crippen molar-refractivity contribution in [1.82, 2.24) is 4.90 Å². The Morgan fingerprint density at radius 3 is 2.27 bits per heavy atom. The van der Waals surface area contributed by atoms with Crippen molar-refractivity contribution in [3.63, 3.8) is 0 Å². The van der Waals surface area contributed by atoms with E-state index in [9.17, 15) is 4.79 Å². The normalized spacial score (nSPS) is 13.6. The topological polar surface area (TPSA) is 68.2 Å². The Labute approximate surface area is 253 Å². The smallest absolute Gasteiger partial charge is 0.341 e. The molecule has 0 aliphatic carbocycles. The Morgan fingerprint density at radius 2 is 1.56 bits per heavy atom. The van der Waals surface area contributed by atoms with Crippen LogP contribution in [-0.4, -0.2) is 48.9 Å². The zero-order chi connectivity index (χ0) is 28.6. The first-order valence-corrected chi connectivity index (χ1v) is 14.7. The van der Waals surface area contributed by atoms with Gasteiger partial charge in [-0.15, -0.1) is 0 Å². The highest BCUT2D eigenvalue weighted by molar-refractivity contribution is 7.99. The summed E-state index contributed by atoms with van der Waals surface area (Å²) >= 11 is 14.0. The molecule has 0 atom stereocenters. The van der Waals surface area contributed by atoms with Crippen LogP contribution >= 0.6 is 35.0 Å². The third kappa shape index (κ3) is 8.64. The molecule has 0 saturated carbocycles. The van der Waals surface area contributed by atoms with Crippen molar-refractivity contribution in [1.29, 1.82) is 0 Å². The largest absolute Gasteiger partial charge is 0.489 e. The number of aliphatic carboxylic acids is 1. The molecule has 0 unspecified atom stereocenters. The fourth-order valence-electron chi connectivity index (χ4n) is 4.39. The van der Waals surface area contributed by atoms with E-state index in [2.05, 4.69) is 35.2 Å². The van der Waals surface area contributed by atoms with Crippen LogP contribution in [0.4, 0.5) is 0 Å². The molecule has 4 aromatic carbocycles. The second-order valence-electron chi connectivity index (χ2n) is 9.57. The van der Waals surface area contributed by atoms with Crippen LogP contribution in [0.25, 0.3) is 11.1 Å². The van der Waals surface area contributed by atoms with Gasteiger partial charge in [-0.2, -0.15) is 0 Å². The molecule has 1 aliphatic rings. The third-order valence-corrected chi connectivity index (χ3v) is 7.99. The molecule has 212 valence electrons. The first-order chi connectivity index (χ1) is 19.9. The van der Waals surface area contributed by atoms with Crippen LogP contribution in [0.2, 0.25) is 10.0 Å². The van der Waals surface area contributed by atoms with E-state index in [4.69, 9.17) is 42.5 Å². The maximum absolute atomic E-state index is 10.8. The molecule has 1 fully saturated rings. The lowest BCUT2D eigenvalue weighted by molar-refractivity contribution is -0.139. The van der Waals surface area contributed by atoms with E-state index in [1.54, 1.807) is 12.1 Å². The summed E-state index contributed by atoms with van der Waals surface area (Å²) in [6.45, 7) is 4.42. The van der Waals surface area contributed by atoms with Gasteiger partial charge in [0, 0.05) is 34.4 Å². The maximum atomic E-state index is 10.8. The van der Waals surface area contributed by atoms with Crippen molar-refractivity contribution >= 4 is 40.9 Å². The minimum Gasteiger partial charge on any atom is -0.489 e. The van der Waals surface area contributed by atoms with Crippen LogP contribution in [-0.2, 0) is 22.7 Å². The molecule has 6 nitrogen and oxygen atoms in total. The molecule has 1 aliphatic heterocycles. The lowest BCUT2D eigenvalue weighted by atomic mass is 10.1. The molecular weight excluding hydrogens is 581 g/mol. The number of rotatable bonds is 11. The summed E-state index contributed by atoms with van der Waals surface area (Å²) < 4.78 is 17.0. The Morgan fingerprint density at radius 1 is 0.829 bits per heavy atom. The molecular formula is C32H29Cl2NO5S. The number of hydrogen-bond donors (Lipinski definition) is 1. The van der Waals surface area contributed by atoms with E-state index in [1.807, 2.05) is 42.5 Å². The fraction of sp³-hybridized carbons (Fsp3) is 0.219. The highest BCUT2D eigenvalue weighted by Gasteiger charge is 2.12. The summed E-state index contributed by atoms with van der Waals surface area (Å²) in [6.07, 6.45) is 0. The van der Waals surface area contributed by atoms with Crippen molar-refractivity contribution in [3.05, 3.63) is 106 Å². The maximum Gasteiger partial charge on any atom is 0.341 e. The number of carboxylic acid groups (broad SMARTS) is 1. The highest BCUT2D eigenvalue weighted by Crippen LogP contribution is 2.38. The summed E-state index contributed by atoms with van der Waals surface area (Å²) in [5.41, 5.74) is 4.38. The van der Waals surface area contributed by atoms with Gasteiger partial charge in [0.2, 0.25) is 0 Å². The van der Waals surface area contributed by atoms with E-state index in [0.29, 0.717) is 22.4 Å². The summed E-state index contributed by atoms with van der Waals surface area (Å²) in [4.78, 5) is 15.1. The van der Waals surface area contributed by atoms with Gasteiger partial charge >= 0.3 is 5.97 Å². The fourth-order valence-corrected chi connectivity index (χ4v) is 5.76. The van der Waals surface area contributed by atoms with Gasteiger partial charge in [0.05, 0.1) is 18.2 Å². The van der Waals surface area contributed by atoms with Gasteiger partial charge in [0.1, 0.15) is 18.1 Å². The van der Waals surface area contributed by atoms with Crippen LogP contribution in [0.3, 0.4) is 0 Å². The summed E-state index contributed by atoms with van der Waals surface area (Å²) in [5, 5.41) is 9.89. The summed E-state index contributed by atoms with van der Waals surface area (Å²) in [6, 6.07) is 27.6. The van der Waals surface area contributed by atoms with Crippen molar-refractivity contribution in [2.24, 2.45) is 0 Å².